The number of nitrogens with one attached hydrogen (secondary N) is 2. The number of rotatable bonds is 6. The van der Waals surface area contributed by atoms with Crippen LogP contribution in [-0.2, 0) is 10.0 Å². The maximum Gasteiger partial charge on any atom is 0.261 e. The van der Waals surface area contributed by atoms with E-state index in [-0.39, 0.29) is 10.8 Å². The summed E-state index contributed by atoms with van der Waals surface area (Å²) in [5, 5.41) is 2.76. The Hall–Kier alpha value is -2.34. The summed E-state index contributed by atoms with van der Waals surface area (Å²) >= 11 is 0. The number of sulfonamides is 1. The van der Waals surface area contributed by atoms with E-state index in [2.05, 4.69) is 10.0 Å². The molecule has 2 aromatic carbocycles. The zero-order chi connectivity index (χ0) is 17.7. The van der Waals surface area contributed by atoms with Crippen molar-refractivity contribution in [1.29, 1.82) is 0 Å². The van der Waals surface area contributed by atoms with Crippen LogP contribution >= 0.6 is 0 Å². The lowest BCUT2D eigenvalue weighted by Gasteiger charge is -2.11. The fraction of sp³-hybridized carbons (Fsp3) is 0.278. The highest BCUT2D eigenvalue weighted by molar-refractivity contribution is 7.92. The minimum absolute atomic E-state index is 0.120. The lowest BCUT2D eigenvalue weighted by Crippen LogP contribution is -2.24. The Bertz CT molecular complexity index is 828. The van der Waals surface area contributed by atoms with Gasteiger partial charge in [0.05, 0.1) is 10.6 Å². The van der Waals surface area contributed by atoms with Crippen molar-refractivity contribution in [3.8, 4) is 0 Å². The summed E-state index contributed by atoms with van der Waals surface area (Å²) < 4.78 is 27.5. The Morgan fingerprint density at radius 2 is 1.71 bits per heavy atom. The summed E-state index contributed by atoms with van der Waals surface area (Å²) in [6.45, 7) is 6.36. The Balaban J connectivity index is 2.19. The summed E-state index contributed by atoms with van der Waals surface area (Å²) in [6.07, 6.45) is 0.845. The van der Waals surface area contributed by atoms with Gasteiger partial charge < -0.3 is 5.32 Å². The molecule has 0 spiro atoms. The first-order chi connectivity index (χ1) is 11.3. The first-order valence-corrected chi connectivity index (χ1v) is 9.30. The van der Waals surface area contributed by atoms with Crippen LogP contribution in [0, 0.1) is 13.8 Å². The highest BCUT2D eigenvalue weighted by Gasteiger charge is 2.16. The molecule has 0 saturated heterocycles. The SMILES string of the molecule is CCCNC(=O)c1ccc(S(=O)(=O)Nc2ccc(C)cc2C)cc1. The van der Waals surface area contributed by atoms with Gasteiger partial charge in [0.2, 0.25) is 0 Å². The first kappa shape index (κ1) is 18.0. The molecule has 0 aromatic heterocycles. The summed E-state index contributed by atoms with van der Waals surface area (Å²) in [6, 6.07) is 11.4. The van der Waals surface area contributed by atoms with E-state index in [1.165, 1.54) is 24.3 Å². The monoisotopic (exact) mass is 346 g/mol. The number of hydrogen-bond acceptors (Lipinski definition) is 3. The topological polar surface area (TPSA) is 75.3 Å². The predicted molar refractivity (Wildman–Crippen MR) is 95.8 cm³/mol. The number of amides is 1. The second-order valence-corrected chi connectivity index (χ2v) is 7.39. The molecule has 0 atom stereocenters. The summed E-state index contributed by atoms with van der Waals surface area (Å²) in [5.41, 5.74) is 2.91. The van der Waals surface area contributed by atoms with Gasteiger partial charge in [0.15, 0.2) is 0 Å². The molecule has 0 saturated carbocycles. The van der Waals surface area contributed by atoms with E-state index >= 15 is 0 Å². The van der Waals surface area contributed by atoms with E-state index in [0.717, 1.165) is 17.5 Å². The molecule has 128 valence electrons. The smallest absolute Gasteiger partial charge is 0.261 e. The van der Waals surface area contributed by atoms with Gasteiger partial charge in [0, 0.05) is 12.1 Å². The lowest BCUT2D eigenvalue weighted by molar-refractivity contribution is 0.0953. The van der Waals surface area contributed by atoms with Crippen LogP contribution in [0.25, 0.3) is 0 Å². The van der Waals surface area contributed by atoms with E-state index in [0.29, 0.717) is 17.8 Å². The quantitative estimate of drug-likeness (QED) is 0.843. The van der Waals surface area contributed by atoms with Crippen LogP contribution in [0.4, 0.5) is 5.69 Å². The molecule has 0 radical (unpaired) electrons. The molecule has 2 N–H and O–H groups in total. The Morgan fingerprint density at radius 3 is 2.29 bits per heavy atom. The Morgan fingerprint density at radius 1 is 1.04 bits per heavy atom. The molecule has 0 aliphatic heterocycles. The van der Waals surface area contributed by atoms with E-state index in [9.17, 15) is 13.2 Å². The maximum atomic E-state index is 12.5. The zero-order valence-electron chi connectivity index (χ0n) is 14.1. The molecule has 1 amide bonds. The Kier molecular flexibility index (Phi) is 5.62. The Labute approximate surface area is 143 Å². The average Bonchev–Trinajstić information content (AvgIpc) is 2.55. The van der Waals surface area contributed by atoms with Crippen LogP contribution in [0.1, 0.15) is 34.8 Å². The number of hydrogen-bond donors (Lipinski definition) is 2. The fourth-order valence-corrected chi connectivity index (χ4v) is 3.39. The standard InChI is InChI=1S/C18H22N2O3S/c1-4-11-19-18(21)15-6-8-16(9-7-15)24(22,23)20-17-10-5-13(2)12-14(17)3/h5-10,12,20H,4,11H2,1-3H3,(H,19,21). The van der Waals surface area contributed by atoms with Gasteiger partial charge in [-0.3, -0.25) is 9.52 Å². The molecule has 2 rings (SSSR count). The molecule has 0 aliphatic rings. The largest absolute Gasteiger partial charge is 0.352 e. The number of aryl methyl sites for hydroxylation is 2. The van der Waals surface area contributed by atoms with Crippen LogP contribution in [0.3, 0.4) is 0 Å². The van der Waals surface area contributed by atoms with Crippen LogP contribution < -0.4 is 10.0 Å². The van der Waals surface area contributed by atoms with Crippen molar-refractivity contribution in [3.63, 3.8) is 0 Å². The van der Waals surface area contributed by atoms with Gasteiger partial charge in [-0.25, -0.2) is 8.42 Å². The van der Waals surface area contributed by atoms with Crippen molar-refractivity contribution >= 4 is 21.6 Å². The van der Waals surface area contributed by atoms with Crippen LogP contribution in [0.5, 0.6) is 0 Å². The minimum Gasteiger partial charge on any atom is -0.352 e. The van der Waals surface area contributed by atoms with Crippen molar-refractivity contribution in [3.05, 3.63) is 59.2 Å². The van der Waals surface area contributed by atoms with Gasteiger partial charge in [0.25, 0.3) is 15.9 Å². The lowest BCUT2D eigenvalue weighted by atomic mass is 10.1. The molecule has 6 heteroatoms. The van der Waals surface area contributed by atoms with E-state index < -0.39 is 10.0 Å². The van der Waals surface area contributed by atoms with E-state index in [4.69, 9.17) is 0 Å². The van der Waals surface area contributed by atoms with Crippen molar-refractivity contribution in [2.75, 3.05) is 11.3 Å². The van der Waals surface area contributed by atoms with Gasteiger partial charge in [0.1, 0.15) is 0 Å². The molecule has 0 fully saturated rings. The molecule has 2 aromatic rings. The highest BCUT2D eigenvalue weighted by atomic mass is 32.2. The molecule has 0 aliphatic carbocycles. The average molecular weight is 346 g/mol. The third-order valence-corrected chi connectivity index (χ3v) is 4.97. The third-order valence-electron chi connectivity index (χ3n) is 3.59. The number of carbonyl (C=O) groups is 1. The molecule has 5 nitrogen and oxygen atoms in total. The van der Waals surface area contributed by atoms with Crippen molar-refractivity contribution in [2.45, 2.75) is 32.1 Å². The predicted octanol–water partition coefficient (Wildman–Crippen LogP) is 3.24. The summed E-state index contributed by atoms with van der Waals surface area (Å²) in [7, 11) is -3.69. The number of anilines is 1. The van der Waals surface area contributed by atoms with Gasteiger partial charge in [-0.1, -0.05) is 24.6 Å². The highest BCUT2D eigenvalue weighted by Crippen LogP contribution is 2.21. The minimum atomic E-state index is -3.69. The van der Waals surface area contributed by atoms with Crippen LogP contribution in [0.2, 0.25) is 0 Å². The zero-order valence-corrected chi connectivity index (χ0v) is 14.9. The van der Waals surface area contributed by atoms with Gasteiger partial charge in [-0.2, -0.15) is 0 Å². The van der Waals surface area contributed by atoms with Crippen molar-refractivity contribution < 1.29 is 13.2 Å². The summed E-state index contributed by atoms with van der Waals surface area (Å²) in [5.74, 6) is -0.205. The van der Waals surface area contributed by atoms with Crippen molar-refractivity contribution in [1.82, 2.24) is 5.32 Å². The second-order valence-electron chi connectivity index (χ2n) is 5.70. The van der Waals surface area contributed by atoms with Gasteiger partial charge in [-0.15, -0.1) is 0 Å². The third kappa shape index (κ3) is 4.35. The summed E-state index contributed by atoms with van der Waals surface area (Å²) in [4.78, 5) is 12.0. The van der Waals surface area contributed by atoms with Crippen molar-refractivity contribution in [2.24, 2.45) is 0 Å². The molecule has 0 unspecified atom stereocenters. The molecular formula is C18H22N2O3S. The fourth-order valence-electron chi connectivity index (χ4n) is 2.26. The molecule has 0 heterocycles. The van der Waals surface area contributed by atoms with Crippen LogP contribution in [0.15, 0.2) is 47.4 Å². The van der Waals surface area contributed by atoms with E-state index in [1.54, 1.807) is 6.07 Å². The number of carbonyl (C=O) groups excluding carboxylic acids is 1. The normalized spacial score (nSPS) is 11.1. The van der Waals surface area contributed by atoms with Crippen LogP contribution in [-0.4, -0.2) is 20.9 Å². The molecule has 0 bridgehead atoms. The maximum absolute atomic E-state index is 12.5. The van der Waals surface area contributed by atoms with Gasteiger partial charge >= 0.3 is 0 Å². The molecule has 24 heavy (non-hydrogen) atoms. The second kappa shape index (κ2) is 7.49. The number of benzene rings is 2. The first-order valence-electron chi connectivity index (χ1n) is 7.82. The van der Waals surface area contributed by atoms with Gasteiger partial charge in [-0.05, 0) is 56.2 Å². The molecular weight excluding hydrogens is 324 g/mol. The van der Waals surface area contributed by atoms with E-state index in [1.807, 2.05) is 32.9 Å².